The van der Waals surface area contributed by atoms with Gasteiger partial charge in [-0.05, 0) is 33.0 Å². The average molecular weight is 306 g/mol. The fourth-order valence-corrected chi connectivity index (χ4v) is 2.71. The third kappa shape index (κ3) is 4.42. The molecule has 1 saturated heterocycles. The second-order valence-corrected chi connectivity index (χ2v) is 5.83. The zero-order valence-electron chi connectivity index (χ0n) is 13.7. The highest BCUT2D eigenvalue weighted by molar-refractivity contribution is 5.91. The SMILES string of the molecule is COCCn1ccnc1/C=C/C(=O)N1CCC(N(C)C)CC1. The lowest BCUT2D eigenvalue weighted by Crippen LogP contribution is -2.43. The molecule has 0 aliphatic carbocycles. The molecule has 0 N–H and O–H groups in total. The number of hydrogen-bond acceptors (Lipinski definition) is 4. The standard InChI is InChI=1S/C16H26N4O2/c1-18(2)14-6-9-20(10-7-14)16(21)5-4-15-17-8-11-19(15)12-13-22-3/h4-5,8,11,14H,6-7,9-10,12-13H2,1-3H3/b5-4+. The molecule has 2 heterocycles. The van der Waals surface area contributed by atoms with E-state index in [4.69, 9.17) is 4.74 Å². The first kappa shape index (κ1) is 16.7. The van der Waals surface area contributed by atoms with Crippen molar-refractivity contribution in [2.24, 2.45) is 0 Å². The molecule has 2 rings (SSSR count). The first-order chi connectivity index (χ1) is 10.6. The summed E-state index contributed by atoms with van der Waals surface area (Å²) in [4.78, 5) is 20.7. The van der Waals surface area contributed by atoms with Crippen LogP contribution in [0.3, 0.4) is 0 Å². The molecule has 0 aromatic carbocycles. The van der Waals surface area contributed by atoms with Crippen LogP contribution in [0, 0.1) is 0 Å². The van der Waals surface area contributed by atoms with Crippen molar-refractivity contribution >= 4 is 12.0 Å². The van der Waals surface area contributed by atoms with E-state index in [0.29, 0.717) is 12.6 Å². The molecule has 1 aromatic heterocycles. The summed E-state index contributed by atoms with van der Waals surface area (Å²) in [5.74, 6) is 0.854. The van der Waals surface area contributed by atoms with Crippen molar-refractivity contribution in [3.63, 3.8) is 0 Å². The van der Waals surface area contributed by atoms with Crippen molar-refractivity contribution in [2.45, 2.75) is 25.4 Å². The van der Waals surface area contributed by atoms with Crippen LogP contribution in [-0.4, -0.2) is 72.2 Å². The number of nitrogens with zero attached hydrogens (tertiary/aromatic N) is 4. The van der Waals surface area contributed by atoms with Crippen LogP contribution in [-0.2, 0) is 16.1 Å². The largest absolute Gasteiger partial charge is 0.383 e. The summed E-state index contributed by atoms with van der Waals surface area (Å²) >= 11 is 0. The molecule has 1 aliphatic heterocycles. The smallest absolute Gasteiger partial charge is 0.246 e. The molecule has 0 saturated carbocycles. The van der Waals surface area contributed by atoms with Crippen molar-refractivity contribution in [2.75, 3.05) is 40.9 Å². The molecule has 0 unspecified atom stereocenters. The van der Waals surface area contributed by atoms with Gasteiger partial charge in [-0.2, -0.15) is 0 Å². The molecule has 1 aliphatic rings. The number of carbonyl (C=O) groups excluding carboxylic acids is 1. The van der Waals surface area contributed by atoms with Gasteiger partial charge in [-0.1, -0.05) is 0 Å². The van der Waals surface area contributed by atoms with E-state index in [-0.39, 0.29) is 5.91 Å². The van der Waals surface area contributed by atoms with E-state index < -0.39 is 0 Å². The van der Waals surface area contributed by atoms with E-state index in [1.54, 1.807) is 25.5 Å². The highest BCUT2D eigenvalue weighted by Crippen LogP contribution is 2.14. The van der Waals surface area contributed by atoms with Gasteiger partial charge in [-0.25, -0.2) is 4.98 Å². The van der Waals surface area contributed by atoms with E-state index in [9.17, 15) is 4.79 Å². The van der Waals surface area contributed by atoms with Gasteiger partial charge in [-0.3, -0.25) is 4.79 Å². The first-order valence-corrected chi connectivity index (χ1v) is 7.75. The maximum atomic E-state index is 12.3. The number of rotatable bonds is 6. The Morgan fingerprint density at radius 3 is 2.82 bits per heavy atom. The Hall–Kier alpha value is -1.66. The van der Waals surface area contributed by atoms with Gasteiger partial charge in [0.25, 0.3) is 0 Å². The first-order valence-electron chi connectivity index (χ1n) is 7.75. The number of carbonyl (C=O) groups is 1. The summed E-state index contributed by atoms with van der Waals surface area (Å²) in [5.41, 5.74) is 0. The predicted octanol–water partition coefficient (Wildman–Crippen LogP) is 1.10. The van der Waals surface area contributed by atoms with Crippen LogP contribution < -0.4 is 0 Å². The van der Waals surface area contributed by atoms with Crippen molar-refractivity contribution in [3.05, 3.63) is 24.3 Å². The summed E-state index contributed by atoms with van der Waals surface area (Å²) in [6.45, 7) is 3.01. The highest BCUT2D eigenvalue weighted by Gasteiger charge is 2.22. The summed E-state index contributed by atoms with van der Waals surface area (Å²) < 4.78 is 7.05. The summed E-state index contributed by atoms with van der Waals surface area (Å²) in [7, 11) is 5.87. The average Bonchev–Trinajstić information content (AvgIpc) is 2.98. The maximum Gasteiger partial charge on any atom is 0.246 e. The molecule has 0 radical (unpaired) electrons. The molecule has 6 nitrogen and oxygen atoms in total. The Morgan fingerprint density at radius 1 is 1.45 bits per heavy atom. The Kier molecular flexibility index (Phi) is 6.15. The molecule has 6 heteroatoms. The van der Waals surface area contributed by atoms with Crippen LogP contribution in [0.4, 0.5) is 0 Å². The summed E-state index contributed by atoms with van der Waals surface area (Å²) in [6.07, 6.45) is 9.12. The number of imidazole rings is 1. The third-order valence-corrected chi connectivity index (χ3v) is 4.17. The number of piperidine rings is 1. The van der Waals surface area contributed by atoms with Crippen molar-refractivity contribution < 1.29 is 9.53 Å². The van der Waals surface area contributed by atoms with Gasteiger partial charge in [0.1, 0.15) is 5.82 Å². The van der Waals surface area contributed by atoms with Crippen LogP contribution in [0.5, 0.6) is 0 Å². The topological polar surface area (TPSA) is 50.6 Å². The Balaban J connectivity index is 1.88. The molecule has 0 atom stereocenters. The normalized spacial score (nSPS) is 16.8. The number of aromatic nitrogens is 2. The number of methoxy groups -OCH3 is 1. The Bertz CT molecular complexity index is 502. The highest BCUT2D eigenvalue weighted by atomic mass is 16.5. The van der Waals surface area contributed by atoms with Crippen LogP contribution in [0.15, 0.2) is 18.5 Å². The summed E-state index contributed by atoms with van der Waals surface area (Å²) in [5, 5.41) is 0. The number of amides is 1. The fourth-order valence-electron chi connectivity index (χ4n) is 2.71. The minimum Gasteiger partial charge on any atom is -0.383 e. The van der Waals surface area contributed by atoms with Gasteiger partial charge in [-0.15, -0.1) is 0 Å². The van der Waals surface area contributed by atoms with E-state index >= 15 is 0 Å². The third-order valence-electron chi connectivity index (χ3n) is 4.17. The molecular weight excluding hydrogens is 280 g/mol. The Morgan fingerprint density at radius 2 is 2.18 bits per heavy atom. The molecule has 0 bridgehead atoms. The van der Waals surface area contributed by atoms with Gasteiger partial charge in [0, 0.05) is 51.3 Å². The van der Waals surface area contributed by atoms with Crippen LogP contribution in [0.2, 0.25) is 0 Å². The van der Waals surface area contributed by atoms with Crippen LogP contribution in [0.1, 0.15) is 18.7 Å². The van der Waals surface area contributed by atoms with Crippen molar-refractivity contribution in [3.8, 4) is 0 Å². The molecule has 1 fully saturated rings. The molecule has 122 valence electrons. The van der Waals surface area contributed by atoms with Crippen molar-refractivity contribution in [1.82, 2.24) is 19.4 Å². The number of ether oxygens (including phenoxy) is 1. The predicted molar refractivity (Wildman–Crippen MR) is 86.4 cm³/mol. The lowest BCUT2D eigenvalue weighted by molar-refractivity contribution is -0.127. The number of hydrogen-bond donors (Lipinski definition) is 0. The molecule has 1 aromatic rings. The van der Waals surface area contributed by atoms with Gasteiger partial charge in [0.05, 0.1) is 6.61 Å². The van der Waals surface area contributed by atoms with Crippen LogP contribution in [0.25, 0.3) is 6.08 Å². The second kappa shape index (κ2) is 8.10. The van der Waals surface area contributed by atoms with Gasteiger partial charge in [0.2, 0.25) is 5.91 Å². The molecule has 22 heavy (non-hydrogen) atoms. The zero-order chi connectivity index (χ0) is 15.9. The zero-order valence-corrected chi connectivity index (χ0v) is 13.7. The maximum absolute atomic E-state index is 12.3. The fraction of sp³-hybridized carbons (Fsp3) is 0.625. The van der Waals surface area contributed by atoms with E-state index in [1.165, 1.54) is 0 Å². The summed E-state index contributed by atoms with van der Waals surface area (Å²) in [6, 6.07) is 0.584. The lowest BCUT2D eigenvalue weighted by atomic mass is 10.0. The lowest BCUT2D eigenvalue weighted by Gasteiger charge is -2.34. The minimum atomic E-state index is 0.0681. The van der Waals surface area contributed by atoms with Crippen molar-refractivity contribution in [1.29, 1.82) is 0 Å². The quantitative estimate of drug-likeness (QED) is 0.739. The van der Waals surface area contributed by atoms with Crippen LogP contribution >= 0.6 is 0 Å². The second-order valence-electron chi connectivity index (χ2n) is 5.83. The molecule has 0 spiro atoms. The molecular formula is C16H26N4O2. The van der Waals surface area contributed by atoms with E-state index in [2.05, 4.69) is 24.0 Å². The van der Waals surface area contributed by atoms with Gasteiger partial charge < -0.3 is 19.1 Å². The molecule has 1 amide bonds. The van der Waals surface area contributed by atoms with Gasteiger partial charge >= 0.3 is 0 Å². The monoisotopic (exact) mass is 306 g/mol. The van der Waals surface area contributed by atoms with Gasteiger partial charge in [0.15, 0.2) is 0 Å². The minimum absolute atomic E-state index is 0.0681. The van der Waals surface area contributed by atoms with E-state index in [1.807, 2.05) is 15.7 Å². The Labute approximate surface area is 132 Å². The number of likely N-dealkylation sites (tertiary alicyclic amines) is 1. The van der Waals surface area contributed by atoms with E-state index in [0.717, 1.165) is 38.3 Å².